The molecule has 2 heterocycles. The average Bonchev–Trinajstić information content (AvgIpc) is 3.14. The molecule has 6 atom stereocenters. The van der Waals surface area contributed by atoms with Gasteiger partial charge in [-0.3, -0.25) is 0 Å². The van der Waals surface area contributed by atoms with Gasteiger partial charge in [0, 0.05) is 0 Å². The predicted molar refractivity (Wildman–Crippen MR) is 76.2 cm³/mol. The highest BCUT2D eigenvalue weighted by molar-refractivity contribution is 5.03. The highest BCUT2D eigenvalue weighted by atomic mass is 16.6. The van der Waals surface area contributed by atoms with Crippen molar-refractivity contribution in [2.24, 2.45) is 0 Å². The molecule has 6 unspecified atom stereocenters. The first-order valence-electron chi connectivity index (χ1n) is 7.13. The highest BCUT2D eigenvalue weighted by Crippen LogP contribution is 2.35. The fourth-order valence-corrected chi connectivity index (χ4v) is 2.58. The van der Waals surface area contributed by atoms with Crippen LogP contribution in [-0.4, -0.2) is 36.6 Å². The molecule has 0 bridgehead atoms. The van der Waals surface area contributed by atoms with Gasteiger partial charge < -0.3 is 14.2 Å². The van der Waals surface area contributed by atoms with Crippen molar-refractivity contribution in [2.75, 3.05) is 0 Å². The number of epoxide rings is 2. The van der Waals surface area contributed by atoms with Gasteiger partial charge >= 0.3 is 0 Å². The normalized spacial score (nSPS) is 35.6. The van der Waals surface area contributed by atoms with Crippen molar-refractivity contribution in [2.45, 2.75) is 77.2 Å². The van der Waals surface area contributed by atoms with Gasteiger partial charge in [0.2, 0.25) is 0 Å². The van der Waals surface area contributed by atoms with Crippen molar-refractivity contribution >= 4 is 0 Å². The third kappa shape index (κ3) is 4.16. The van der Waals surface area contributed by atoms with Gasteiger partial charge in [-0.1, -0.05) is 11.1 Å². The minimum atomic E-state index is 0.0910. The van der Waals surface area contributed by atoms with E-state index in [0.29, 0.717) is 12.2 Å². The van der Waals surface area contributed by atoms with E-state index in [0.717, 1.165) is 24.0 Å². The van der Waals surface area contributed by atoms with Gasteiger partial charge in [0.25, 0.3) is 0 Å². The van der Waals surface area contributed by atoms with E-state index in [1.165, 1.54) is 0 Å². The van der Waals surface area contributed by atoms with Gasteiger partial charge in [0.05, 0.1) is 24.4 Å². The Labute approximate surface area is 116 Å². The number of hydrogen-bond acceptors (Lipinski definition) is 3. The second-order valence-electron chi connectivity index (χ2n) is 6.15. The lowest BCUT2D eigenvalue weighted by Crippen LogP contribution is -2.32. The maximum atomic E-state index is 6.29. The smallest absolute Gasteiger partial charge is 0.110 e. The highest BCUT2D eigenvalue weighted by Gasteiger charge is 2.47. The second-order valence-corrected chi connectivity index (χ2v) is 6.15. The van der Waals surface area contributed by atoms with E-state index in [4.69, 9.17) is 14.2 Å². The summed E-state index contributed by atoms with van der Waals surface area (Å²) >= 11 is 0. The van der Waals surface area contributed by atoms with Crippen LogP contribution in [0.5, 0.6) is 0 Å². The van der Waals surface area contributed by atoms with Crippen molar-refractivity contribution in [3.05, 3.63) is 24.3 Å². The van der Waals surface area contributed by atoms with E-state index >= 15 is 0 Å². The largest absolute Gasteiger partial charge is 0.369 e. The molecule has 2 aliphatic rings. The molecule has 0 N–H and O–H groups in total. The molecule has 0 radical (unpaired) electrons. The van der Waals surface area contributed by atoms with Gasteiger partial charge in [0.15, 0.2) is 0 Å². The van der Waals surface area contributed by atoms with Gasteiger partial charge in [-0.05, 0) is 40.5 Å². The summed E-state index contributed by atoms with van der Waals surface area (Å²) in [4.78, 5) is 0. The maximum absolute atomic E-state index is 6.29. The summed E-state index contributed by atoms with van der Waals surface area (Å²) in [5.74, 6) is 0. The number of rotatable bonds is 8. The van der Waals surface area contributed by atoms with Crippen LogP contribution in [0.15, 0.2) is 24.3 Å². The first-order valence-corrected chi connectivity index (χ1v) is 7.13. The third-order valence-corrected chi connectivity index (χ3v) is 3.70. The molecule has 2 saturated heterocycles. The molecule has 0 amide bonds. The molecular formula is C16H26O3. The Kier molecular flexibility index (Phi) is 4.49. The molecule has 2 rings (SSSR count). The molecule has 3 heteroatoms. The zero-order valence-electron chi connectivity index (χ0n) is 12.5. The van der Waals surface area contributed by atoms with Crippen molar-refractivity contribution in [1.82, 2.24) is 0 Å². The third-order valence-electron chi connectivity index (χ3n) is 3.70. The molecular weight excluding hydrogens is 240 g/mol. The Morgan fingerprint density at radius 2 is 1.26 bits per heavy atom. The summed E-state index contributed by atoms with van der Waals surface area (Å²) < 4.78 is 17.5. The molecule has 0 aromatic heterocycles. The van der Waals surface area contributed by atoms with Gasteiger partial charge in [-0.15, -0.1) is 13.2 Å². The number of ether oxygens (including phenoxy) is 3. The van der Waals surface area contributed by atoms with E-state index in [-0.39, 0.29) is 24.4 Å². The van der Waals surface area contributed by atoms with Gasteiger partial charge in [-0.2, -0.15) is 0 Å². The molecule has 0 aromatic rings. The Hall–Kier alpha value is -0.640. The van der Waals surface area contributed by atoms with Crippen LogP contribution in [0.1, 0.15) is 40.5 Å². The standard InChI is InChI=1S/C16H26O3/c1-9(2)7-13(15-11(5)17-15)19-14(8-10(3)4)16-12(6)18-16/h11-16H,1,3,7-8H2,2,4-6H3. The first kappa shape index (κ1) is 14.8. The summed E-state index contributed by atoms with van der Waals surface area (Å²) in [5.41, 5.74) is 2.26. The molecule has 2 fully saturated rings. The summed E-state index contributed by atoms with van der Waals surface area (Å²) in [7, 11) is 0. The molecule has 0 aromatic carbocycles. The maximum Gasteiger partial charge on any atom is 0.110 e. The SMILES string of the molecule is C=C(C)CC(OC(CC(=C)C)C1OC1C)C1OC1C. The topological polar surface area (TPSA) is 34.3 Å². The molecule has 0 aliphatic carbocycles. The molecule has 108 valence electrons. The zero-order chi connectivity index (χ0) is 14.2. The lowest BCUT2D eigenvalue weighted by atomic mass is 10.0. The minimum Gasteiger partial charge on any atom is -0.369 e. The first-order chi connectivity index (χ1) is 8.88. The van der Waals surface area contributed by atoms with Crippen molar-refractivity contribution < 1.29 is 14.2 Å². The van der Waals surface area contributed by atoms with Crippen LogP contribution in [0.25, 0.3) is 0 Å². The van der Waals surface area contributed by atoms with Crippen molar-refractivity contribution in [1.29, 1.82) is 0 Å². The average molecular weight is 266 g/mol. The lowest BCUT2D eigenvalue weighted by molar-refractivity contribution is -0.0368. The quantitative estimate of drug-likeness (QED) is 0.499. The fourth-order valence-electron chi connectivity index (χ4n) is 2.58. The second kappa shape index (κ2) is 5.78. The summed E-state index contributed by atoms with van der Waals surface area (Å²) in [6.45, 7) is 16.2. The van der Waals surface area contributed by atoms with Crippen LogP contribution in [0.4, 0.5) is 0 Å². The summed E-state index contributed by atoms with van der Waals surface area (Å²) in [6, 6.07) is 0. The van der Waals surface area contributed by atoms with Crippen LogP contribution in [0, 0.1) is 0 Å². The van der Waals surface area contributed by atoms with E-state index < -0.39 is 0 Å². The fraction of sp³-hybridized carbons (Fsp3) is 0.750. The van der Waals surface area contributed by atoms with Crippen molar-refractivity contribution in [3.8, 4) is 0 Å². The molecule has 0 saturated carbocycles. The summed E-state index contributed by atoms with van der Waals surface area (Å²) in [5, 5.41) is 0. The number of hydrogen-bond donors (Lipinski definition) is 0. The molecule has 19 heavy (non-hydrogen) atoms. The van der Waals surface area contributed by atoms with Crippen LogP contribution in [0.3, 0.4) is 0 Å². The minimum absolute atomic E-state index is 0.0910. The van der Waals surface area contributed by atoms with E-state index in [1.54, 1.807) is 0 Å². The van der Waals surface area contributed by atoms with Crippen LogP contribution < -0.4 is 0 Å². The molecule has 2 aliphatic heterocycles. The van der Waals surface area contributed by atoms with Crippen LogP contribution >= 0.6 is 0 Å². The zero-order valence-corrected chi connectivity index (χ0v) is 12.5. The Morgan fingerprint density at radius 1 is 0.947 bits per heavy atom. The van der Waals surface area contributed by atoms with Gasteiger partial charge in [-0.25, -0.2) is 0 Å². The lowest BCUT2D eigenvalue weighted by Gasteiger charge is -2.23. The van der Waals surface area contributed by atoms with E-state index in [9.17, 15) is 0 Å². The Morgan fingerprint density at radius 3 is 1.47 bits per heavy atom. The van der Waals surface area contributed by atoms with Crippen LogP contribution in [0.2, 0.25) is 0 Å². The Bertz CT molecular complexity index is 329. The monoisotopic (exact) mass is 266 g/mol. The van der Waals surface area contributed by atoms with Crippen LogP contribution in [-0.2, 0) is 14.2 Å². The van der Waals surface area contributed by atoms with E-state index in [2.05, 4.69) is 27.0 Å². The Balaban J connectivity index is 1.95. The van der Waals surface area contributed by atoms with Crippen molar-refractivity contribution in [3.63, 3.8) is 0 Å². The molecule has 3 nitrogen and oxygen atoms in total. The summed E-state index contributed by atoms with van der Waals surface area (Å²) in [6.07, 6.45) is 2.89. The van der Waals surface area contributed by atoms with E-state index in [1.807, 2.05) is 13.8 Å². The van der Waals surface area contributed by atoms with Gasteiger partial charge in [0.1, 0.15) is 12.2 Å². The molecule has 0 spiro atoms. The predicted octanol–water partition coefficient (Wildman–Crippen LogP) is 3.25.